The summed E-state index contributed by atoms with van der Waals surface area (Å²) in [4.78, 5) is 2.46. The van der Waals surface area contributed by atoms with Crippen LogP contribution in [0, 0.1) is 0 Å². The minimum Gasteiger partial charge on any atom is -0.449 e. The van der Waals surface area contributed by atoms with Crippen molar-refractivity contribution in [3.05, 3.63) is 24.3 Å². The van der Waals surface area contributed by atoms with E-state index in [9.17, 15) is 0 Å². The predicted molar refractivity (Wildman–Crippen MR) is 77.2 cm³/mol. The van der Waals surface area contributed by atoms with Crippen LogP contribution in [0.15, 0.2) is 24.3 Å². The van der Waals surface area contributed by atoms with Crippen LogP contribution in [-0.2, 0) is 4.74 Å². The Balaban J connectivity index is 1.36. The van der Waals surface area contributed by atoms with Crippen LogP contribution in [0.2, 0.25) is 0 Å². The fraction of sp³-hybridized carbons (Fsp3) is 0.625. The van der Waals surface area contributed by atoms with E-state index in [1.807, 2.05) is 31.2 Å². The molecule has 2 aliphatic rings. The number of benzene rings is 1. The maximum atomic E-state index is 5.86. The van der Waals surface area contributed by atoms with E-state index in [0.29, 0.717) is 6.61 Å². The third kappa shape index (κ3) is 3.25. The summed E-state index contributed by atoms with van der Waals surface area (Å²) in [6, 6.07) is 7.80. The van der Waals surface area contributed by atoms with E-state index in [4.69, 9.17) is 14.2 Å². The number of likely N-dealkylation sites (tertiary alicyclic amines) is 1. The molecule has 0 saturated carbocycles. The molecule has 2 heterocycles. The molecule has 4 nitrogen and oxygen atoms in total. The molecular formula is C16H23NO3. The lowest BCUT2D eigenvalue weighted by molar-refractivity contribution is -0.0840. The van der Waals surface area contributed by atoms with E-state index in [1.54, 1.807) is 0 Å². The molecule has 1 fully saturated rings. The first-order valence-electron chi connectivity index (χ1n) is 7.52. The fourth-order valence-corrected chi connectivity index (χ4v) is 2.77. The summed E-state index contributed by atoms with van der Waals surface area (Å²) in [7, 11) is 0. The lowest BCUT2D eigenvalue weighted by Crippen LogP contribution is -2.36. The zero-order chi connectivity index (χ0) is 13.8. The number of hydrogen-bond donors (Lipinski definition) is 0. The van der Waals surface area contributed by atoms with Crippen molar-refractivity contribution in [1.29, 1.82) is 0 Å². The van der Waals surface area contributed by atoms with Crippen molar-refractivity contribution in [3.63, 3.8) is 0 Å². The standard InChI is InChI=1S/C16H23NO3/c1-16(19-14-6-2-3-7-15(14)20-16)8-12-18-13-11-17-9-4-5-10-17/h2-3,6-7H,4-5,8-13H2,1H3. The van der Waals surface area contributed by atoms with Crippen molar-refractivity contribution in [1.82, 2.24) is 4.90 Å². The van der Waals surface area contributed by atoms with Gasteiger partial charge in [-0.25, -0.2) is 0 Å². The van der Waals surface area contributed by atoms with Gasteiger partial charge in [-0.15, -0.1) is 0 Å². The fourth-order valence-electron chi connectivity index (χ4n) is 2.77. The van der Waals surface area contributed by atoms with E-state index < -0.39 is 5.79 Å². The molecule has 110 valence electrons. The van der Waals surface area contributed by atoms with Crippen molar-refractivity contribution < 1.29 is 14.2 Å². The molecule has 3 rings (SSSR count). The van der Waals surface area contributed by atoms with E-state index in [1.165, 1.54) is 25.9 Å². The highest BCUT2D eigenvalue weighted by Gasteiger charge is 2.36. The molecule has 0 bridgehead atoms. The smallest absolute Gasteiger partial charge is 0.251 e. The molecule has 2 aliphatic heterocycles. The molecule has 1 aromatic carbocycles. The van der Waals surface area contributed by atoms with Crippen LogP contribution in [0.25, 0.3) is 0 Å². The number of hydrogen-bond acceptors (Lipinski definition) is 4. The lowest BCUT2D eigenvalue weighted by Gasteiger charge is -2.23. The molecular weight excluding hydrogens is 254 g/mol. The van der Waals surface area contributed by atoms with E-state index in [0.717, 1.165) is 31.1 Å². The predicted octanol–water partition coefficient (Wildman–Crippen LogP) is 2.68. The van der Waals surface area contributed by atoms with Gasteiger partial charge in [-0.3, -0.25) is 0 Å². The van der Waals surface area contributed by atoms with Gasteiger partial charge in [0.05, 0.1) is 13.2 Å². The van der Waals surface area contributed by atoms with E-state index in [2.05, 4.69) is 4.90 Å². The minimum atomic E-state index is -0.586. The normalized spacial score (nSPS) is 20.4. The second-order valence-electron chi connectivity index (χ2n) is 5.70. The molecule has 0 N–H and O–H groups in total. The first kappa shape index (κ1) is 13.7. The average molecular weight is 277 g/mol. The van der Waals surface area contributed by atoms with Gasteiger partial charge in [0.2, 0.25) is 0 Å². The zero-order valence-corrected chi connectivity index (χ0v) is 12.1. The van der Waals surface area contributed by atoms with Crippen molar-refractivity contribution in [3.8, 4) is 11.5 Å². The molecule has 1 saturated heterocycles. The number of para-hydroxylation sites is 2. The third-order valence-corrected chi connectivity index (χ3v) is 3.95. The summed E-state index contributed by atoms with van der Waals surface area (Å²) < 4.78 is 17.4. The highest BCUT2D eigenvalue weighted by atomic mass is 16.7. The second-order valence-corrected chi connectivity index (χ2v) is 5.70. The number of ether oxygens (including phenoxy) is 3. The van der Waals surface area contributed by atoms with Crippen molar-refractivity contribution >= 4 is 0 Å². The molecule has 4 heteroatoms. The Morgan fingerprint density at radius 1 is 1.10 bits per heavy atom. The average Bonchev–Trinajstić information content (AvgIpc) is 3.04. The monoisotopic (exact) mass is 277 g/mol. The van der Waals surface area contributed by atoms with E-state index in [-0.39, 0.29) is 0 Å². The maximum Gasteiger partial charge on any atom is 0.251 e. The van der Waals surface area contributed by atoms with Crippen molar-refractivity contribution in [2.45, 2.75) is 32.0 Å². The molecule has 0 aromatic heterocycles. The van der Waals surface area contributed by atoms with Gasteiger partial charge < -0.3 is 19.1 Å². The van der Waals surface area contributed by atoms with Crippen molar-refractivity contribution in [2.24, 2.45) is 0 Å². The van der Waals surface area contributed by atoms with Crippen molar-refractivity contribution in [2.75, 3.05) is 32.8 Å². The van der Waals surface area contributed by atoms with E-state index >= 15 is 0 Å². The molecule has 1 aromatic rings. The largest absolute Gasteiger partial charge is 0.449 e. The van der Waals surface area contributed by atoms with Gasteiger partial charge in [0.15, 0.2) is 11.5 Å². The van der Waals surface area contributed by atoms with Gasteiger partial charge in [0.1, 0.15) is 0 Å². The number of rotatable bonds is 6. The highest BCUT2D eigenvalue weighted by molar-refractivity contribution is 5.42. The first-order chi connectivity index (χ1) is 9.75. The number of fused-ring (bicyclic) bond motifs is 1. The second kappa shape index (κ2) is 6.02. The summed E-state index contributed by atoms with van der Waals surface area (Å²) in [6.45, 7) is 6.92. The zero-order valence-electron chi connectivity index (χ0n) is 12.1. The summed E-state index contributed by atoms with van der Waals surface area (Å²) in [5, 5.41) is 0. The topological polar surface area (TPSA) is 30.9 Å². The van der Waals surface area contributed by atoms with Crippen LogP contribution < -0.4 is 9.47 Å². The van der Waals surface area contributed by atoms with Gasteiger partial charge in [0.25, 0.3) is 5.79 Å². The summed E-state index contributed by atoms with van der Waals surface area (Å²) in [5.74, 6) is 1.07. The van der Waals surface area contributed by atoms with Gasteiger partial charge in [0, 0.05) is 19.9 Å². The minimum absolute atomic E-state index is 0.586. The summed E-state index contributed by atoms with van der Waals surface area (Å²) >= 11 is 0. The molecule has 20 heavy (non-hydrogen) atoms. The molecule has 0 amide bonds. The van der Waals surface area contributed by atoms with Gasteiger partial charge >= 0.3 is 0 Å². The Hall–Kier alpha value is -1.26. The molecule has 0 spiro atoms. The Morgan fingerprint density at radius 3 is 2.40 bits per heavy atom. The Morgan fingerprint density at radius 2 is 1.75 bits per heavy atom. The van der Waals surface area contributed by atoms with Crippen LogP contribution in [0.5, 0.6) is 11.5 Å². The van der Waals surface area contributed by atoms with Gasteiger partial charge in [-0.1, -0.05) is 12.1 Å². The first-order valence-corrected chi connectivity index (χ1v) is 7.52. The third-order valence-electron chi connectivity index (χ3n) is 3.95. The molecule has 0 radical (unpaired) electrons. The number of nitrogens with zero attached hydrogens (tertiary/aromatic N) is 1. The summed E-state index contributed by atoms with van der Waals surface area (Å²) in [6.07, 6.45) is 3.40. The Labute approximate surface area is 120 Å². The molecule has 0 aliphatic carbocycles. The Kier molecular flexibility index (Phi) is 4.13. The van der Waals surface area contributed by atoms with Crippen LogP contribution in [0.3, 0.4) is 0 Å². The Bertz CT molecular complexity index is 418. The van der Waals surface area contributed by atoms with Crippen LogP contribution in [0.4, 0.5) is 0 Å². The SMILES string of the molecule is CC1(CCOCCN2CCCC2)Oc2ccccc2O1. The van der Waals surface area contributed by atoms with Crippen LogP contribution in [0.1, 0.15) is 26.2 Å². The van der Waals surface area contributed by atoms with Crippen LogP contribution in [-0.4, -0.2) is 43.5 Å². The van der Waals surface area contributed by atoms with Crippen LogP contribution >= 0.6 is 0 Å². The molecule has 0 unspecified atom stereocenters. The maximum absolute atomic E-state index is 5.86. The molecule has 0 atom stereocenters. The van der Waals surface area contributed by atoms with Gasteiger partial charge in [-0.2, -0.15) is 0 Å². The van der Waals surface area contributed by atoms with Gasteiger partial charge in [-0.05, 0) is 38.1 Å². The quantitative estimate of drug-likeness (QED) is 0.748. The lowest BCUT2D eigenvalue weighted by atomic mass is 10.2. The summed E-state index contributed by atoms with van der Waals surface area (Å²) in [5.41, 5.74) is 0. The highest BCUT2D eigenvalue weighted by Crippen LogP contribution is 2.40.